The first-order valence-corrected chi connectivity index (χ1v) is 15.1. The maximum absolute atomic E-state index is 13.6. The van der Waals surface area contributed by atoms with Crippen molar-refractivity contribution in [2.75, 3.05) is 32.7 Å². The van der Waals surface area contributed by atoms with Crippen LogP contribution in [0.2, 0.25) is 0 Å². The largest absolute Gasteiger partial charge is 0.390 e. The summed E-state index contributed by atoms with van der Waals surface area (Å²) in [5.74, 6) is -0.461. The number of amides is 1. The first-order valence-electron chi connectivity index (χ1n) is 13.6. The minimum atomic E-state index is -4.08. The lowest BCUT2D eigenvalue weighted by Gasteiger charge is -2.34. The Morgan fingerprint density at radius 1 is 1.20 bits per heavy atom. The molecule has 218 valence electrons. The second-order valence-corrected chi connectivity index (χ2v) is 12.7. The van der Waals surface area contributed by atoms with Gasteiger partial charge in [-0.15, -0.1) is 6.58 Å². The molecule has 1 aliphatic rings. The second kappa shape index (κ2) is 14.5. The number of carbonyl (C=O) groups excluding carboxylic acids is 1. The smallest absolute Gasteiger partial charge is 0.269 e. The van der Waals surface area contributed by atoms with Crippen LogP contribution < -0.4 is 5.32 Å². The van der Waals surface area contributed by atoms with E-state index in [1.54, 1.807) is 0 Å². The van der Waals surface area contributed by atoms with E-state index >= 15 is 0 Å². The quantitative estimate of drug-likeness (QED) is 0.202. The lowest BCUT2D eigenvalue weighted by Crippen LogP contribution is -2.53. The van der Waals surface area contributed by atoms with Crippen LogP contribution in [0.3, 0.4) is 0 Å². The average Bonchev–Trinajstić information content (AvgIpc) is 2.93. The van der Waals surface area contributed by atoms with Gasteiger partial charge in [0.2, 0.25) is 15.9 Å². The summed E-state index contributed by atoms with van der Waals surface area (Å²) in [4.78, 5) is 25.9. The summed E-state index contributed by atoms with van der Waals surface area (Å²) < 4.78 is 28.3. The molecule has 2 N–H and O–H groups in total. The standard InChI is InChI=1S/C29H40N4O6S/c1-4-16-31-17-8-11-24(20-31)29(35)30-27(18-23-9-6-5-7-10-23)28(34)21-32(19-22(2)3)40(38,39)26-14-12-25(13-15-26)33(36)37/h4-7,9-10,12-15,22,24,27-28,34H,1,8,11,16-21H2,2-3H3,(H,30,35)/t24-,27+,28-/m1/s1. The molecule has 1 heterocycles. The van der Waals surface area contributed by atoms with Crippen molar-refractivity contribution in [1.29, 1.82) is 0 Å². The van der Waals surface area contributed by atoms with Crippen LogP contribution in [0.1, 0.15) is 32.3 Å². The summed E-state index contributed by atoms with van der Waals surface area (Å²) in [6.45, 7) is 9.59. The lowest BCUT2D eigenvalue weighted by atomic mass is 9.95. The van der Waals surface area contributed by atoms with Gasteiger partial charge in [0.25, 0.3) is 5.69 Å². The van der Waals surface area contributed by atoms with E-state index in [1.165, 1.54) is 16.4 Å². The number of non-ortho nitro benzene ring substituents is 1. The summed E-state index contributed by atoms with van der Waals surface area (Å²) in [5, 5.41) is 25.5. The van der Waals surface area contributed by atoms with Gasteiger partial charge in [0, 0.05) is 38.3 Å². The van der Waals surface area contributed by atoms with Crippen LogP contribution in [0.5, 0.6) is 0 Å². The van der Waals surface area contributed by atoms with Crippen LogP contribution in [-0.4, -0.2) is 78.4 Å². The molecule has 2 aromatic carbocycles. The molecule has 0 saturated carbocycles. The molecule has 1 amide bonds. The summed E-state index contributed by atoms with van der Waals surface area (Å²) in [7, 11) is -4.08. The molecule has 0 spiro atoms. The maximum Gasteiger partial charge on any atom is 0.269 e. The van der Waals surface area contributed by atoms with Crippen LogP contribution >= 0.6 is 0 Å². The maximum atomic E-state index is 13.6. The highest BCUT2D eigenvalue weighted by atomic mass is 32.2. The van der Waals surface area contributed by atoms with Crippen molar-refractivity contribution in [3.05, 3.63) is 82.9 Å². The van der Waals surface area contributed by atoms with Crippen molar-refractivity contribution in [2.24, 2.45) is 11.8 Å². The Morgan fingerprint density at radius 3 is 2.48 bits per heavy atom. The fraction of sp³-hybridized carbons (Fsp3) is 0.483. The fourth-order valence-electron chi connectivity index (χ4n) is 4.97. The van der Waals surface area contributed by atoms with Crippen molar-refractivity contribution in [3.8, 4) is 0 Å². The molecule has 2 aromatic rings. The Morgan fingerprint density at radius 2 is 1.88 bits per heavy atom. The van der Waals surface area contributed by atoms with Crippen LogP contribution in [0, 0.1) is 22.0 Å². The number of carbonyl (C=O) groups is 1. The SMILES string of the molecule is C=CCN1CCC[C@@H](C(=O)N[C@@H](Cc2ccccc2)[C@H](O)CN(CC(C)C)S(=O)(=O)c2ccc([N+](=O)[O-])cc2)C1. The number of hydrogen-bond donors (Lipinski definition) is 2. The van der Waals surface area contributed by atoms with Gasteiger partial charge in [0.15, 0.2) is 0 Å². The van der Waals surface area contributed by atoms with Gasteiger partial charge in [0.05, 0.1) is 27.9 Å². The minimum Gasteiger partial charge on any atom is -0.390 e. The first-order chi connectivity index (χ1) is 19.0. The number of piperidine rings is 1. The van der Waals surface area contributed by atoms with E-state index in [4.69, 9.17) is 0 Å². The van der Waals surface area contributed by atoms with Crippen molar-refractivity contribution < 1.29 is 23.2 Å². The van der Waals surface area contributed by atoms with Gasteiger partial charge < -0.3 is 10.4 Å². The zero-order chi connectivity index (χ0) is 29.3. The van der Waals surface area contributed by atoms with Crippen LogP contribution in [0.15, 0.2) is 72.1 Å². The number of aliphatic hydroxyl groups excluding tert-OH is 1. The number of nitrogens with zero attached hydrogens (tertiary/aromatic N) is 3. The van der Waals surface area contributed by atoms with Gasteiger partial charge in [-0.1, -0.05) is 50.3 Å². The molecule has 40 heavy (non-hydrogen) atoms. The van der Waals surface area contributed by atoms with Gasteiger partial charge in [-0.05, 0) is 49.4 Å². The predicted octanol–water partition coefficient (Wildman–Crippen LogP) is 3.23. The third-order valence-electron chi connectivity index (χ3n) is 7.00. The van der Waals surface area contributed by atoms with E-state index in [9.17, 15) is 28.4 Å². The third kappa shape index (κ3) is 8.69. The van der Waals surface area contributed by atoms with Gasteiger partial charge in [-0.2, -0.15) is 4.31 Å². The van der Waals surface area contributed by atoms with Crippen molar-refractivity contribution >= 4 is 21.6 Å². The summed E-state index contributed by atoms with van der Waals surface area (Å²) >= 11 is 0. The molecule has 1 fully saturated rings. The van der Waals surface area contributed by atoms with E-state index in [0.29, 0.717) is 19.5 Å². The second-order valence-electron chi connectivity index (χ2n) is 10.7. The highest BCUT2D eigenvalue weighted by Gasteiger charge is 2.33. The predicted molar refractivity (Wildman–Crippen MR) is 154 cm³/mol. The fourth-order valence-corrected chi connectivity index (χ4v) is 6.59. The van der Waals surface area contributed by atoms with Gasteiger partial charge >= 0.3 is 0 Å². The number of likely N-dealkylation sites (tertiary alicyclic amines) is 1. The van der Waals surface area contributed by atoms with Gasteiger partial charge in [-0.3, -0.25) is 19.8 Å². The number of sulfonamides is 1. The molecule has 0 radical (unpaired) electrons. The van der Waals surface area contributed by atoms with E-state index in [2.05, 4.69) is 16.8 Å². The molecule has 0 unspecified atom stereocenters. The topological polar surface area (TPSA) is 133 Å². The Balaban J connectivity index is 1.84. The number of aliphatic hydroxyl groups is 1. The highest BCUT2D eigenvalue weighted by Crippen LogP contribution is 2.22. The molecule has 3 rings (SSSR count). The Hall–Kier alpha value is -3.12. The average molecular weight is 573 g/mol. The lowest BCUT2D eigenvalue weighted by molar-refractivity contribution is -0.384. The molecule has 3 atom stereocenters. The minimum absolute atomic E-state index is 0.0553. The Kier molecular flexibility index (Phi) is 11.4. The molecule has 11 heteroatoms. The number of rotatable bonds is 14. The zero-order valence-electron chi connectivity index (χ0n) is 23.2. The van der Waals surface area contributed by atoms with Gasteiger partial charge in [0.1, 0.15) is 0 Å². The van der Waals surface area contributed by atoms with Crippen molar-refractivity contribution in [1.82, 2.24) is 14.5 Å². The van der Waals surface area contributed by atoms with Crippen molar-refractivity contribution in [3.63, 3.8) is 0 Å². The Labute approximate surface area is 236 Å². The van der Waals surface area contributed by atoms with Gasteiger partial charge in [-0.25, -0.2) is 8.42 Å². The molecule has 0 aliphatic carbocycles. The number of benzene rings is 2. The zero-order valence-corrected chi connectivity index (χ0v) is 24.0. The van der Waals surface area contributed by atoms with E-state index in [1.807, 2.05) is 50.3 Å². The van der Waals surface area contributed by atoms with E-state index < -0.39 is 27.1 Å². The Bertz CT molecular complexity index is 1240. The van der Waals surface area contributed by atoms with Crippen molar-refractivity contribution in [2.45, 2.75) is 50.2 Å². The highest BCUT2D eigenvalue weighted by molar-refractivity contribution is 7.89. The number of nitro benzene ring substituents is 1. The first kappa shape index (κ1) is 31.4. The molecule has 10 nitrogen and oxygen atoms in total. The van der Waals surface area contributed by atoms with Crippen LogP contribution in [0.25, 0.3) is 0 Å². The molecule has 1 saturated heterocycles. The summed E-state index contributed by atoms with van der Waals surface area (Å²) in [6, 6.07) is 13.4. The number of hydrogen-bond acceptors (Lipinski definition) is 7. The normalized spacial score (nSPS) is 17.9. The number of nitro groups is 1. The van der Waals surface area contributed by atoms with E-state index in [-0.39, 0.29) is 41.4 Å². The number of nitrogens with one attached hydrogen (secondary N) is 1. The molecule has 0 aromatic heterocycles. The monoisotopic (exact) mass is 572 g/mol. The molecule has 1 aliphatic heterocycles. The summed E-state index contributed by atoms with van der Waals surface area (Å²) in [6.07, 6.45) is 2.55. The summed E-state index contributed by atoms with van der Waals surface area (Å²) in [5.41, 5.74) is 0.687. The molecular weight excluding hydrogens is 532 g/mol. The van der Waals surface area contributed by atoms with E-state index in [0.717, 1.165) is 37.1 Å². The molecular formula is C29H40N4O6S. The molecule has 0 bridgehead atoms. The van der Waals surface area contributed by atoms with Crippen LogP contribution in [-0.2, 0) is 21.2 Å². The van der Waals surface area contributed by atoms with Crippen LogP contribution in [0.4, 0.5) is 5.69 Å². The third-order valence-corrected chi connectivity index (χ3v) is 8.84.